The molecule has 1 atom stereocenters. The van der Waals surface area contributed by atoms with Crippen molar-refractivity contribution in [3.8, 4) is 0 Å². The molecule has 2 heterocycles. The van der Waals surface area contributed by atoms with Crippen LogP contribution in [0.3, 0.4) is 0 Å². The van der Waals surface area contributed by atoms with E-state index in [1.54, 1.807) is 11.3 Å². The first-order valence-electron chi connectivity index (χ1n) is 8.58. The smallest absolute Gasteiger partial charge is 0.230 e. The van der Waals surface area contributed by atoms with Crippen LogP contribution in [0.2, 0.25) is 0 Å². The zero-order chi connectivity index (χ0) is 16.9. The molecule has 0 spiro atoms. The lowest BCUT2D eigenvalue weighted by Gasteiger charge is -2.19. The molecule has 4 nitrogen and oxygen atoms in total. The molecule has 0 aliphatic heterocycles. The number of hydrogen-bond donors (Lipinski definition) is 1. The molecular formula is C18H25N3OS2. The molecule has 1 aliphatic rings. The summed E-state index contributed by atoms with van der Waals surface area (Å²) in [6.45, 7) is 4.66. The van der Waals surface area contributed by atoms with Crippen molar-refractivity contribution in [1.29, 1.82) is 0 Å². The maximum atomic E-state index is 12.2. The lowest BCUT2D eigenvalue weighted by atomic mass is 10.2. The molecule has 1 saturated carbocycles. The first kappa shape index (κ1) is 17.5. The van der Waals surface area contributed by atoms with Crippen molar-refractivity contribution in [3.05, 3.63) is 39.8 Å². The lowest BCUT2D eigenvalue weighted by Crippen LogP contribution is -2.33. The van der Waals surface area contributed by atoms with E-state index in [1.807, 2.05) is 23.4 Å². The van der Waals surface area contributed by atoms with Crippen LogP contribution in [0.5, 0.6) is 0 Å². The Balaban J connectivity index is 1.60. The molecule has 24 heavy (non-hydrogen) atoms. The van der Waals surface area contributed by atoms with E-state index in [0.29, 0.717) is 17.5 Å². The largest absolute Gasteiger partial charge is 0.353 e. The molecule has 1 N–H and O–H groups in total. The number of amides is 1. The fourth-order valence-electron chi connectivity index (χ4n) is 3.26. The van der Waals surface area contributed by atoms with Crippen molar-refractivity contribution in [2.75, 3.05) is 12.3 Å². The quantitative estimate of drug-likeness (QED) is 0.810. The van der Waals surface area contributed by atoms with Gasteiger partial charge in [-0.05, 0) is 44.2 Å². The number of carbonyl (C=O) groups excluding carboxylic acids is 1. The minimum atomic E-state index is 0.0686. The first-order chi connectivity index (χ1) is 11.6. The number of carbonyl (C=O) groups is 1. The monoisotopic (exact) mass is 363 g/mol. The number of aromatic nitrogens is 2. The summed E-state index contributed by atoms with van der Waals surface area (Å²) in [5.74, 6) is 0.703. The Kier molecular flexibility index (Phi) is 6.00. The Morgan fingerprint density at radius 3 is 2.88 bits per heavy atom. The third-order valence-electron chi connectivity index (χ3n) is 4.46. The van der Waals surface area contributed by atoms with Gasteiger partial charge in [-0.25, -0.2) is 0 Å². The molecule has 2 aromatic heterocycles. The normalized spacial score (nSPS) is 16.4. The van der Waals surface area contributed by atoms with Crippen molar-refractivity contribution in [2.24, 2.45) is 0 Å². The summed E-state index contributed by atoms with van der Waals surface area (Å²) in [4.78, 5) is 13.5. The molecule has 0 bridgehead atoms. The van der Waals surface area contributed by atoms with Crippen molar-refractivity contribution < 1.29 is 4.79 Å². The van der Waals surface area contributed by atoms with Crippen molar-refractivity contribution in [2.45, 2.75) is 50.8 Å². The predicted octanol–water partition coefficient (Wildman–Crippen LogP) is 3.94. The summed E-state index contributed by atoms with van der Waals surface area (Å²) >= 11 is 3.52. The fourth-order valence-corrected chi connectivity index (χ4v) is 5.23. The Labute approximate surface area is 152 Å². The number of aryl methyl sites for hydroxylation is 2. The molecule has 1 amide bonds. The van der Waals surface area contributed by atoms with Crippen molar-refractivity contribution in [3.63, 3.8) is 0 Å². The van der Waals surface area contributed by atoms with Gasteiger partial charge in [-0.15, -0.1) is 23.1 Å². The summed E-state index contributed by atoms with van der Waals surface area (Å²) in [5.41, 5.74) is 2.14. The second-order valence-electron chi connectivity index (χ2n) is 6.42. The van der Waals surface area contributed by atoms with E-state index in [9.17, 15) is 4.79 Å². The highest BCUT2D eigenvalue weighted by atomic mass is 32.2. The lowest BCUT2D eigenvalue weighted by molar-refractivity contribution is -0.118. The number of rotatable bonds is 7. The van der Waals surface area contributed by atoms with Gasteiger partial charge in [-0.2, -0.15) is 5.10 Å². The second-order valence-corrected chi connectivity index (χ2v) is 8.69. The van der Waals surface area contributed by atoms with Gasteiger partial charge < -0.3 is 5.32 Å². The highest BCUT2D eigenvalue weighted by Gasteiger charge is 2.20. The number of nitrogens with zero attached hydrogens (tertiary/aromatic N) is 2. The van der Waals surface area contributed by atoms with E-state index in [2.05, 4.69) is 40.9 Å². The van der Waals surface area contributed by atoms with Crippen LogP contribution in [-0.4, -0.2) is 33.2 Å². The molecule has 1 fully saturated rings. The standard InChI is InChI=1S/C18H25N3OS2/c1-13-10-14(2)21(20-13)16(17-8-5-9-23-17)11-19-18(22)12-24-15-6-3-4-7-15/h5,8-10,15-16H,3-4,6-7,11-12H2,1-2H3,(H,19,22). The van der Waals surface area contributed by atoms with Crippen LogP contribution in [0.25, 0.3) is 0 Å². The Morgan fingerprint density at radius 2 is 2.25 bits per heavy atom. The van der Waals surface area contributed by atoms with Gasteiger partial charge in [-0.3, -0.25) is 9.48 Å². The minimum absolute atomic E-state index is 0.0686. The minimum Gasteiger partial charge on any atom is -0.353 e. The molecule has 3 rings (SSSR count). The highest BCUT2D eigenvalue weighted by molar-refractivity contribution is 8.00. The van der Waals surface area contributed by atoms with E-state index >= 15 is 0 Å². The third-order valence-corrected chi connectivity index (χ3v) is 6.80. The van der Waals surface area contributed by atoms with Gasteiger partial charge in [0.2, 0.25) is 5.91 Å². The van der Waals surface area contributed by atoms with E-state index < -0.39 is 0 Å². The molecule has 1 unspecified atom stereocenters. The van der Waals surface area contributed by atoms with E-state index in [-0.39, 0.29) is 11.9 Å². The van der Waals surface area contributed by atoms with Crippen LogP contribution in [0, 0.1) is 13.8 Å². The van der Waals surface area contributed by atoms with Gasteiger partial charge in [0, 0.05) is 22.4 Å². The Bertz CT molecular complexity index is 660. The van der Waals surface area contributed by atoms with Crippen molar-refractivity contribution >= 4 is 29.0 Å². The molecule has 130 valence electrons. The average Bonchev–Trinajstić information content (AvgIpc) is 3.29. The summed E-state index contributed by atoms with van der Waals surface area (Å²) in [6.07, 6.45) is 5.17. The zero-order valence-corrected chi connectivity index (χ0v) is 16.0. The SMILES string of the molecule is Cc1cc(C)n(C(CNC(=O)CSC2CCCC2)c2cccs2)n1. The number of thioether (sulfide) groups is 1. The third kappa shape index (κ3) is 4.42. The Morgan fingerprint density at radius 1 is 1.46 bits per heavy atom. The topological polar surface area (TPSA) is 46.9 Å². The van der Waals surface area contributed by atoms with Gasteiger partial charge in [0.15, 0.2) is 0 Å². The van der Waals surface area contributed by atoms with Gasteiger partial charge in [0.25, 0.3) is 0 Å². The maximum Gasteiger partial charge on any atom is 0.230 e. The molecule has 0 saturated heterocycles. The summed E-state index contributed by atoms with van der Waals surface area (Å²) in [6, 6.07) is 6.32. The summed E-state index contributed by atoms with van der Waals surface area (Å²) < 4.78 is 2.03. The molecule has 0 aromatic carbocycles. The van der Waals surface area contributed by atoms with Gasteiger partial charge in [0.05, 0.1) is 11.4 Å². The van der Waals surface area contributed by atoms with E-state index in [1.165, 1.54) is 30.6 Å². The van der Waals surface area contributed by atoms with Gasteiger partial charge in [-0.1, -0.05) is 18.9 Å². The Hall–Kier alpha value is -1.27. The van der Waals surface area contributed by atoms with Crippen LogP contribution >= 0.6 is 23.1 Å². The van der Waals surface area contributed by atoms with Gasteiger partial charge in [0.1, 0.15) is 6.04 Å². The molecular weight excluding hydrogens is 338 g/mol. The number of nitrogens with one attached hydrogen (secondary N) is 1. The predicted molar refractivity (Wildman–Crippen MR) is 102 cm³/mol. The first-order valence-corrected chi connectivity index (χ1v) is 10.5. The number of hydrogen-bond acceptors (Lipinski definition) is 4. The fraction of sp³-hybridized carbons (Fsp3) is 0.556. The summed E-state index contributed by atoms with van der Waals surface area (Å²) in [5, 5.41) is 10.5. The van der Waals surface area contributed by atoms with Crippen LogP contribution < -0.4 is 5.32 Å². The molecule has 0 radical (unpaired) electrons. The summed E-state index contributed by atoms with van der Waals surface area (Å²) in [7, 11) is 0. The van der Waals surface area contributed by atoms with Crippen LogP contribution in [0.4, 0.5) is 0 Å². The second kappa shape index (κ2) is 8.21. The highest BCUT2D eigenvalue weighted by Crippen LogP contribution is 2.29. The van der Waals surface area contributed by atoms with E-state index in [0.717, 1.165) is 11.4 Å². The van der Waals surface area contributed by atoms with E-state index in [4.69, 9.17) is 0 Å². The van der Waals surface area contributed by atoms with Crippen LogP contribution in [0.1, 0.15) is 48.0 Å². The molecule has 2 aromatic rings. The van der Waals surface area contributed by atoms with Gasteiger partial charge >= 0.3 is 0 Å². The maximum absolute atomic E-state index is 12.2. The van der Waals surface area contributed by atoms with Crippen LogP contribution in [-0.2, 0) is 4.79 Å². The van der Waals surface area contributed by atoms with Crippen molar-refractivity contribution in [1.82, 2.24) is 15.1 Å². The van der Waals surface area contributed by atoms with Crippen LogP contribution in [0.15, 0.2) is 23.6 Å². The zero-order valence-electron chi connectivity index (χ0n) is 14.3. The number of thiophene rings is 1. The average molecular weight is 364 g/mol. The molecule has 6 heteroatoms. The molecule has 1 aliphatic carbocycles.